The lowest BCUT2D eigenvalue weighted by atomic mass is 10.00. The molecule has 0 saturated carbocycles. The number of rotatable bonds is 2. The molecule has 3 atom stereocenters. The molecule has 2 fully saturated rings. The molecule has 3 nitrogen and oxygen atoms in total. The van der Waals surface area contributed by atoms with E-state index in [-0.39, 0.29) is 0 Å². The van der Waals surface area contributed by atoms with E-state index >= 15 is 0 Å². The van der Waals surface area contributed by atoms with Crippen LogP contribution in [0.4, 0.5) is 0 Å². The molecule has 2 rings (SSSR count). The number of hydrogen-bond donors (Lipinski definition) is 1. The third kappa shape index (κ3) is 2.10. The molecule has 2 heterocycles. The molecule has 82 valence electrons. The summed E-state index contributed by atoms with van der Waals surface area (Å²) in [6, 6.07) is 0.743. The summed E-state index contributed by atoms with van der Waals surface area (Å²) in [6.45, 7) is 7.08. The fraction of sp³-hybridized carbons (Fsp3) is 1.00. The van der Waals surface area contributed by atoms with Crippen LogP contribution in [0.15, 0.2) is 0 Å². The normalized spacial score (nSPS) is 40.3. The van der Waals surface area contributed by atoms with E-state index in [9.17, 15) is 0 Å². The number of likely N-dealkylation sites (tertiary alicyclic amines) is 1. The van der Waals surface area contributed by atoms with Gasteiger partial charge in [0.15, 0.2) is 0 Å². The summed E-state index contributed by atoms with van der Waals surface area (Å²) in [7, 11) is 1.84. The molecule has 0 bridgehead atoms. The van der Waals surface area contributed by atoms with Crippen LogP contribution in [0.3, 0.4) is 0 Å². The molecular formula is C11H22N2O. The zero-order valence-corrected chi connectivity index (χ0v) is 9.33. The van der Waals surface area contributed by atoms with Gasteiger partial charge in [-0.2, -0.15) is 0 Å². The first kappa shape index (κ1) is 10.4. The van der Waals surface area contributed by atoms with Crippen LogP contribution < -0.4 is 5.32 Å². The van der Waals surface area contributed by atoms with Gasteiger partial charge in [0.2, 0.25) is 0 Å². The lowest BCUT2D eigenvalue weighted by molar-refractivity contribution is 0.0117. The molecule has 2 aliphatic rings. The second-order valence-corrected chi connectivity index (χ2v) is 4.70. The molecule has 0 amide bonds. The third-order valence-corrected chi connectivity index (χ3v) is 3.69. The summed E-state index contributed by atoms with van der Waals surface area (Å²) in [5.41, 5.74) is 0. The minimum atomic E-state index is 0.469. The average molecular weight is 198 g/mol. The Morgan fingerprint density at radius 3 is 2.86 bits per heavy atom. The van der Waals surface area contributed by atoms with Crippen LogP contribution in [-0.2, 0) is 4.74 Å². The third-order valence-electron chi connectivity index (χ3n) is 3.69. The topological polar surface area (TPSA) is 24.5 Å². The van der Waals surface area contributed by atoms with Crippen molar-refractivity contribution in [3.8, 4) is 0 Å². The Morgan fingerprint density at radius 2 is 2.21 bits per heavy atom. The van der Waals surface area contributed by atoms with Gasteiger partial charge in [-0.25, -0.2) is 0 Å². The van der Waals surface area contributed by atoms with E-state index < -0.39 is 0 Å². The van der Waals surface area contributed by atoms with Crippen LogP contribution >= 0.6 is 0 Å². The predicted octanol–water partition coefficient (Wildman–Crippen LogP) is 0.705. The lowest BCUT2D eigenvalue weighted by Crippen LogP contribution is -2.48. The van der Waals surface area contributed by atoms with Crippen molar-refractivity contribution in [1.82, 2.24) is 10.2 Å². The van der Waals surface area contributed by atoms with Crippen molar-refractivity contribution in [2.24, 2.45) is 5.92 Å². The van der Waals surface area contributed by atoms with Gasteiger partial charge in [0.25, 0.3) is 0 Å². The first-order valence-corrected chi connectivity index (χ1v) is 5.79. The quantitative estimate of drug-likeness (QED) is 0.707. The van der Waals surface area contributed by atoms with Crippen LogP contribution in [0.1, 0.15) is 19.8 Å². The van der Waals surface area contributed by atoms with Gasteiger partial charge in [-0.1, -0.05) is 6.92 Å². The standard InChI is InChI=1S/C11H22N2O/c1-9-6-12-7-11(9)13-5-3-4-10(8-13)14-2/h9-12H,3-8H2,1-2H3. The van der Waals surface area contributed by atoms with Crippen molar-refractivity contribution in [2.75, 3.05) is 33.3 Å². The summed E-state index contributed by atoms with van der Waals surface area (Å²) >= 11 is 0. The largest absolute Gasteiger partial charge is 0.380 e. The van der Waals surface area contributed by atoms with Crippen molar-refractivity contribution in [3.63, 3.8) is 0 Å². The van der Waals surface area contributed by atoms with E-state index in [1.54, 1.807) is 0 Å². The van der Waals surface area contributed by atoms with E-state index in [0.29, 0.717) is 6.10 Å². The predicted molar refractivity (Wildman–Crippen MR) is 57.4 cm³/mol. The van der Waals surface area contributed by atoms with E-state index in [2.05, 4.69) is 17.1 Å². The summed E-state index contributed by atoms with van der Waals surface area (Å²) in [5.74, 6) is 0.797. The minimum absolute atomic E-state index is 0.469. The highest BCUT2D eigenvalue weighted by molar-refractivity contribution is 4.89. The SMILES string of the molecule is COC1CCCN(C2CNCC2C)C1. The highest BCUT2D eigenvalue weighted by atomic mass is 16.5. The second kappa shape index (κ2) is 4.60. The first-order valence-electron chi connectivity index (χ1n) is 5.79. The zero-order valence-electron chi connectivity index (χ0n) is 9.33. The molecule has 14 heavy (non-hydrogen) atoms. The van der Waals surface area contributed by atoms with Gasteiger partial charge >= 0.3 is 0 Å². The molecule has 0 aromatic heterocycles. The van der Waals surface area contributed by atoms with Crippen LogP contribution in [0.2, 0.25) is 0 Å². The van der Waals surface area contributed by atoms with E-state index in [0.717, 1.165) is 25.0 Å². The molecule has 1 N–H and O–H groups in total. The molecule has 2 aliphatic heterocycles. The van der Waals surface area contributed by atoms with Gasteiger partial charge in [0, 0.05) is 26.2 Å². The molecule has 3 unspecified atom stereocenters. The maximum atomic E-state index is 5.45. The average Bonchev–Trinajstić information content (AvgIpc) is 2.65. The van der Waals surface area contributed by atoms with Gasteiger partial charge < -0.3 is 10.1 Å². The fourth-order valence-corrected chi connectivity index (χ4v) is 2.74. The van der Waals surface area contributed by atoms with Crippen LogP contribution in [-0.4, -0.2) is 50.3 Å². The Balaban J connectivity index is 1.90. The molecular weight excluding hydrogens is 176 g/mol. The van der Waals surface area contributed by atoms with Gasteiger partial charge in [-0.3, -0.25) is 4.90 Å². The fourth-order valence-electron chi connectivity index (χ4n) is 2.74. The molecule has 3 heteroatoms. The van der Waals surface area contributed by atoms with Crippen molar-refractivity contribution in [1.29, 1.82) is 0 Å². The Kier molecular flexibility index (Phi) is 3.42. The van der Waals surface area contributed by atoms with E-state index in [4.69, 9.17) is 4.74 Å². The Morgan fingerprint density at radius 1 is 1.36 bits per heavy atom. The van der Waals surface area contributed by atoms with Crippen molar-refractivity contribution in [3.05, 3.63) is 0 Å². The van der Waals surface area contributed by atoms with Crippen LogP contribution in [0, 0.1) is 5.92 Å². The van der Waals surface area contributed by atoms with Crippen LogP contribution in [0.5, 0.6) is 0 Å². The molecule has 2 saturated heterocycles. The smallest absolute Gasteiger partial charge is 0.0698 e. The Bertz CT molecular complexity index is 186. The van der Waals surface area contributed by atoms with E-state index in [1.807, 2.05) is 7.11 Å². The van der Waals surface area contributed by atoms with Crippen LogP contribution in [0.25, 0.3) is 0 Å². The second-order valence-electron chi connectivity index (χ2n) is 4.70. The molecule has 0 aromatic rings. The number of methoxy groups -OCH3 is 1. The molecule has 0 spiro atoms. The molecule has 0 aromatic carbocycles. The molecule has 0 aliphatic carbocycles. The van der Waals surface area contributed by atoms with Gasteiger partial charge in [0.05, 0.1) is 6.10 Å². The Hall–Kier alpha value is -0.120. The summed E-state index contributed by atoms with van der Waals surface area (Å²) in [5, 5.41) is 3.47. The van der Waals surface area contributed by atoms with Gasteiger partial charge in [0.1, 0.15) is 0 Å². The highest BCUT2D eigenvalue weighted by Gasteiger charge is 2.31. The van der Waals surface area contributed by atoms with Crippen molar-refractivity contribution in [2.45, 2.75) is 31.9 Å². The number of ether oxygens (including phenoxy) is 1. The number of nitrogens with zero attached hydrogens (tertiary/aromatic N) is 1. The van der Waals surface area contributed by atoms with E-state index in [1.165, 1.54) is 25.9 Å². The first-order chi connectivity index (χ1) is 6.81. The minimum Gasteiger partial charge on any atom is -0.380 e. The molecule has 0 radical (unpaired) electrons. The lowest BCUT2D eigenvalue weighted by Gasteiger charge is -2.37. The highest BCUT2D eigenvalue weighted by Crippen LogP contribution is 2.21. The van der Waals surface area contributed by atoms with Gasteiger partial charge in [-0.15, -0.1) is 0 Å². The zero-order chi connectivity index (χ0) is 9.97. The van der Waals surface area contributed by atoms with Gasteiger partial charge in [-0.05, 0) is 31.8 Å². The monoisotopic (exact) mass is 198 g/mol. The number of nitrogens with one attached hydrogen (secondary N) is 1. The van der Waals surface area contributed by atoms with Crippen molar-refractivity contribution < 1.29 is 4.74 Å². The summed E-state index contributed by atoms with van der Waals surface area (Å²) in [6.07, 6.45) is 3.00. The Labute approximate surface area is 86.8 Å². The maximum absolute atomic E-state index is 5.45. The number of piperidine rings is 1. The summed E-state index contributed by atoms with van der Waals surface area (Å²) < 4.78 is 5.45. The number of hydrogen-bond acceptors (Lipinski definition) is 3. The maximum Gasteiger partial charge on any atom is 0.0698 e. The van der Waals surface area contributed by atoms with Crippen molar-refractivity contribution >= 4 is 0 Å². The summed E-state index contributed by atoms with van der Waals surface area (Å²) in [4.78, 5) is 2.61.